The second kappa shape index (κ2) is 10.2. The van der Waals surface area contributed by atoms with E-state index in [1.165, 1.54) is 0 Å². The van der Waals surface area contributed by atoms with Gasteiger partial charge < -0.3 is 14.8 Å². The van der Waals surface area contributed by atoms with Crippen LogP contribution in [0.4, 0.5) is 5.69 Å². The number of aryl methyl sites for hydroxylation is 1. The molecule has 168 valence electrons. The Hall–Kier alpha value is -3.84. The number of hydrogen-bond donors (Lipinski definition) is 1. The number of rotatable bonds is 8. The van der Waals surface area contributed by atoms with Crippen LogP contribution in [-0.4, -0.2) is 33.9 Å². The average molecular weight is 463 g/mol. The zero-order valence-electron chi connectivity index (χ0n) is 18.3. The van der Waals surface area contributed by atoms with E-state index in [0.29, 0.717) is 34.9 Å². The van der Waals surface area contributed by atoms with Gasteiger partial charge in [-0.3, -0.25) is 4.79 Å². The Labute approximate surface area is 196 Å². The predicted molar refractivity (Wildman–Crippen MR) is 128 cm³/mol. The summed E-state index contributed by atoms with van der Waals surface area (Å²) < 4.78 is 12.8. The summed E-state index contributed by atoms with van der Waals surface area (Å²) >= 11 is 5.86. The van der Waals surface area contributed by atoms with E-state index in [9.17, 15) is 4.79 Å². The molecular formula is C25H23ClN4O3. The van der Waals surface area contributed by atoms with Crippen LogP contribution in [0.5, 0.6) is 11.8 Å². The van der Waals surface area contributed by atoms with E-state index < -0.39 is 0 Å². The number of ether oxygens (including phenoxy) is 2. The predicted octanol–water partition coefficient (Wildman–Crippen LogP) is 5.31. The Kier molecular flexibility index (Phi) is 6.90. The highest BCUT2D eigenvalue weighted by atomic mass is 35.5. The van der Waals surface area contributed by atoms with Gasteiger partial charge in [0.15, 0.2) is 12.4 Å². The number of carbonyl (C=O) groups excluding carboxylic acids is 1. The van der Waals surface area contributed by atoms with Gasteiger partial charge in [-0.1, -0.05) is 35.9 Å². The van der Waals surface area contributed by atoms with Gasteiger partial charge >= 0.3 is 6.01 Å². The molecule has 0 radical (unpaired) electrons. The van der Waals surface area contributed by atoms with Crippen LogP contribution in [0.1, 0.15) is 12.5 Å². The van der Waals surface area contributed by atoms with Crippen molar-refractivity contribution in [3.63, 3.8) is 0 Å². The molecule has 4 aromatic rings. The number of hydrogen-bond acceptors (Lipinski definition) is 5. The molecule has 0 aliphatic rings. The van der Waals surface area contributed by atoms with Crippen LogP contribution < -0.4 is 14.8 Å². The van der Waals surface area contributed by atoms with Crippen LogP contribution in [0.15, 0.2) is 72.8 Å². The molecule has 0 unspecified atom stereocenters. The molecular weight excluding hydrogens is 440 g/mol. The first-order valence-electron chi connectivity index (χ1n) is 10.5. The molecule has 4 rings (SSSR count). The third-order valence-electron chi connectivity index (χ3n) is 4.83. The number of halogens is 1. The van der Waals surface area contributed by atoms with Crippen LogP contribution in [0.25, 0.3) is 17.1 Å². The van der Waals surface area contributed by atoms with E-state index >= 15 is 0 Å². The Morgan fingerprint density at radius 1 is 1.00 bits per heavy atom. The number of anilines is 1. The monoisotopic (exact) mass is 462 g/mol. The van der Waals surface area contributed by atoms with Crippen molar-refractivity contribution in [2.45, 2.75) is 13.8 Å². The van der Waals surface area contributed by atoms with Crippen molar-refractivity contribution in [3.05, 3.63) is 83.4 Å². The molecule has 0 aliphatic carbocycles. The van der Waals surface area contributed by atoms with E-state index in [4.69, 9.17) is 21.1 Å². The lowest BCUT2D eigenvalue weighted by Crippen LogP contribution is -2.20. The molecule has 0 fully saturated rings. The summed E-state index contributed by atoms with van der Waals surface area (Å²) in [4.78, 5) is 16.8. The Bertz CT molecular complexity index is 1240. The van der Waals surface area contributed by atoms with Crippen LogP contribution in [0, 0.1) is 6.92 Å². The third-order valence-corrected chi connectivity index (χ3v) is 5.08. The van der Waals surface area contributed by atoms with Crippen molar-refractivity contribution >= 4 is 23.2 Å². The number of benzene rings is 3. The molecule has 1 aromatic heterocycles. The molecule has 1 heterocycles. The minimum Gasteiger partial charge on any atom is -0.484 e. The van der Waals surface area contributed by atoms with Crippen molar-refractivity contribution in [2.24, 2.45) is 0 Å². The Morgan fingerprint density at radius 2 is 1.73 bits per heavy atom. The largest absolute Gasteiger partial charge is 0.484 e. The number of aromatic nitrogens is 3. The van der Waals surface area contributed by atoms with Gasteiger partial charge in [0.1, 0.15) is 5.75 Å². The number of carbonyl (C=O) groups is 1. The molecule has 3 aromatic carbocycles. The second-order valence-electron chi connectivity index (χ2n) is 7.22. The molecule has 1 N–H and O–H groups in total. The normalized spacial score (nSPS) is 10.6. The van der Waals surface area contributed by atoms with Gasteiger partial charge in [0.25, 0.3) is 5.91 Å². The van der Waals surface area contributed by atoms with Crippen molar-refractivity contribution in [1.82, 2.24) is 14.8 Å². The van der Waals surface area contributed by atoms with Gasteiger partial charge in [0.05, 0.1) is 12.3 Å². The minimum absolute atomic E-state index is 0.110. The second-order valence-corrected chi connectivity index (χ2v) is 7.65. The lowest BCUT2D eigenvalue weighted by molar-refractivity contribution is -0.118. The van der Waals surface area contributed by atoms with Crippen molar-refractivity contribution in [2.75, 3.05) is 18.5 Å². The first-order chi connectivity index (χ1) is 16.0. The number of nitrogens with one attached hydrogen (secondary N) is 1. The molecule has 0 saturated heterocycles. The zero-order chi connectivity index (χ0) is 23.2. The summed E-state index contributed by atoms with van der Waals surface area (Å²) in [5.41, 5.74) is 3.49. The maximum absolute atomic E-state index is 12.3. The highest BCUT2D eigenvalue weighted by Crippen LogP contribution is 2.27. The molecule has 8 heteroatoms. The third kappa shape index (κ3) is 5.51. The first kappa shape index (κ1) is 22.4. The fourth-order valence-corrected chi connectivity index (χ4v) is 3.35. The van der Waals surface area contributed by atoms with E-state index in [2.05, 4.69) is 15.4 Å². The van der Waals surface area contributed by atoms with Gasteiger partial charge in [-0.15, -0.1) is 5.10 Å². The highest BCUT2D eigenvalue weighted by Gasteiger charge is 2.16. The fourth-order valence-electron chi connectivity index (χ4n) is 3.22. The van der Waals surface area contributed by atoms with Crippen molar-refractivity contribution in [1.29, 1.82) is 0 Å². The maximum atomic E-state index is 12.3. The van der Waals surface area contributed by atoms with Crippen molar-refractivity contribution in [3.8, 4) is 28.8 Å². The molecule has 0 spiro atoms. The number of amides is 1. The molecule has 33 heavy (non-hydrogen) atoms. The highest BCUT2D eigenvalue weighted by molar-refractivity contribution is 6.30. The zero-order valence-corrected chi connectivity index (χ0v) is 19.0. The molecule has 1 amide bonds. The van der Waals surface area contributed by atoms with Crippen molar-refractivity contribution < 1.29 is 14.3 Å². The first-order valence-corrected chi connectivity index (χ1v) is 10.9. The summed E-state index contributed by atoms with van der Waals surface area (Å²) in [7, 11) is 0. The molecule has 0 aliphatic heterocycles. The topological polar surface area (TPSA) is 78.3 Å². The lowest BCUT2D eigenvalue weighted by atomic mass is 10.1. The van der Waals surface area contributed by atoms with Gasteiger partial charge in [-0.2, -0.15) is 4.98 Å². The molecule has 7 nitrogen and oxygen atoms in total. The quantitative estimate of drug-likeness (QED) is 0.384. The summed E-state index contributed by atoms with van der Waals surface area (Å²) in [6.07, 6.45) is 0. The van der Waals surface area contributed by atoms with E-state index in [1.54, 1.807) is 41.1 Å². The summed E-state index contributed by atoms with van der Waals surface area (Å²) in [6.45, 7) is 4.28. The van der Waals surface area contributed by atoms with Crippen LogP contribution in [-0.2, 0) is 4.79 Å². The van der Waals surface area contributed by atoms with Gasteiger partial charge in [0, 0.05) is 16.3 Å². The molecule has 0 atom stereocenters. The van der Waals surface area contributed by atoms with Gasteiger partial charge in [-0.05, 0) is 67.9 Å². The molecule has 0 saturated carbocycles. The fraction of sp³-hybridized carbons (Fsp3) is 0.160. The standard InChI is InChI=1S/C25H23ClN4O3/c1-3-32-25-28-24(22-7-5-4-6-17(22)2)30(29-25)20-12-10-19(11-13-20)27-23(31)16-33-21-14-8-18(26)9-15-21/h4-15H,3,16H2,1-2H3,(H,27,31). The van der Waals surface area contributed by atoms with E-state index in [0.717, 1.165) is 16.8 Å². The van der Waals surface area contributed by atoms with Crippen LogP contribution in [0.3, 0.4) is 0 Å². The SMILES string of the molecule is CCOc1nc(-c2ccccc2C)n(-c2ccc(NC(=O)COc3ccc(Cl)cc3)cc2)n1. The van der Waals surface area contributed by atoms with Gasteiger partial charge in [-0.25, -0.2) is 4.68 Å². The smallest absolute Gasteiger partial charge is 0.336 e. The van der Waals surface area contributed by atoms with Crippen LogP contribution >= 0.6 is 11.6 Å². The Morgan fingerprint density at radius 3 is 2.42 bits per heavy atom. The van der Waals surface area contributed by atoms with E-state index in [1.807, 2.05) is 50.2 Å². The number of nitrogens with zero attached hydrogens (tertiary/aromatic N) is 3. The molecule has 0 bridgehead atoms. The lowest BCUT2D eigenvalue weighted by Gasteiger charge is -2.10. The average Bonchev–Trinajstić information content (AvgIpc) is 3.23. The minimum atomic E-state index is -0.266. The Balaban J connectivity index is 1.49. The maximum Gasteiger partial charge on any atom is 0.336 e. The van der Waals surface area contributed by atoms with E-state index in [-0.39, 0.29) is 12.5 Å². The van der Waals surface area contributed by atoms with Gasteiger partial charge in [0.2, 0.25) is 0 Å². The summed E-state index contributed by atoms with van der Waals surface area (Å²) in [5.74, 6) is 0.993. The van der Waals surface area contributed by atoms with Crippen LogP contribution in [0.2, 0.25) is 5.02 Å². The summed E-state index contributed by atoms with van der Waals surface area (Å²) in [6, 6.07) is 22.5. The summed E-state index contributed by atoms with van der Waals surface area (Å²) in [5, 5.41) is 7.95.